The normalized spacial score (nSPS) is 17.1. The van der Waals surface area contributed by atoms with E-state index in [4.69, 9.17) is 0 Å². The molecule has 0 unspecified atom stereocenters. The SMILES string of the molecule is C1=Cc2cc3c(cc2CC1)-c1cc2c(cc1C3)=CCCC=2. The average molecular weight is 270 g/mol. The molecule has 0 heterocycles. The third kappa shape index (κ3) is 1.68. The van der Waals surface area contributed by atoms with Crippen molar-refractivity contribution in [2.24, 2.45) is 0 Å². The Morgan fingerprint density at radius 1 is 0.667 bits per heavy atom. The van der Waals surface area contributed by atoms with Crippen LogP contribution in [0.2, 0.25) is 0 Å². The van der Waals surface area contributed by atoms with Gasteiger partial charge in [-0.1, -0.05) is 42.5 Å². The van der Waals surface area contributed by atoms with E-state index in [-0.39, 0.29) is 0 Å². The van der Waals surface area contributed by atoms with Crippen LogP contribution in [0, 0.1) is 0 Å². The molecule has 0 aliphatic heterocycles. The minimum Gasteiger partial charge on any atom is -0.0836 e. The molecule has 0 radical (unpaired) electrons. The molecule has 0 nitrogen and oxygen atoms in total. The van der Waals surface area contributed by atoms with Crippen LogP contribution in [0.5, 0.6) is 0 Å². The molecule has 0 heteroatoms. The fourth-order valence-electron chi connectivity index (χ4n) is 4.04. The maximum absolute atomic E-state index is 2.46. The highest BCUT2D eigenvalue weighted by Crippen LogP contribution is 2.38. The number of fused-ring (bicyclic) bond motifs is 5. The van der Waals surface area contributed by atoms with E-state index in [0.29, 0.717) is 0 Å². The Morgan fingerprint density at radius 2 is 1.43 bits per heavy atom. The van der Waals surface area contributed by atoms with Gasteiger partial charge in [0, 0.05) is 0 Å². The second-order valence-corrected chi connectivity index (χ2v) is 6.45. The van der Waals surface area contributed by atoms with E-state index in [0.717, 1.165) is 6.42 Å². The highest BCUT2D eigenvalue weighted by molar-refractivity contribution is 5.80. The van der Waals surface area contributed by atoms with E-state index in [2.05, 4.69) is 48.6 Å². The number of hydrogen-bond acceptors (Lipinski definition) is 0. The van der Waals surface area contributed by atoms with Gasteiger partial charge < -0.3 is 0 Å². The second kappa shape index (κ2) is 4.21. The van der Waals surface area contributed by atoms with Gasteiger partial charge in [0.25, 0.3) is 0 Å². The van der Waals surface area contributed by atoms with E-state index < -0.39 is 0 Å². The fraction of sp³-hybridized carbons (Fsp3) is 0.238. The number of benzene rings is 2. The molecule has 102 valence electrons. The van der Waals surface area contributed by atoms with Crippen LogP contribution in [-0.2, 0) is 12.8 Å². The lowest BCUT2D eigenvalue weighted by Gasteiger charge is -2.13. The highest BCUT2D eigenvalue weighted by Gasteiger charge is 2.21. The zero-order valence-corrected chi connectivity index (χ0v) is 12.2. The third-order valence-corrected chi connectivity index (χ3v) is 5.12. The van der Waals surface area contributed by atoms with Crippen LogP contribution in [0.15, 0.2) is 30.3 Å². The van der Waals surface area contributed by atoms with Gasteiger partial charge in [-0.05, 0) is 82.0 Å². The molecule has 0 fully saturated rings. The molecule has 2 aromatic carbocycles. The maximum atomic E-state index is 2.46. The molecular formula is C21H18. The van der Waals surface area contributed by atoms with Crippen LogP contribution >= 0.6 is 0 Å². The molecule has 0 saturated heterocycles. The van der Waals surface area contributed by atoms with E-state index in [1.165, 1.54) is 69.5 Å². The van der Waals surface area contributed by atoms with Gasteiger partial charge in [-0.15, -0.1) is 0 Å². The Kier molecular flexibility index (Phi) is 2.32. The summed E-state index contributed by atoms with van der Waals surface area (Å²) in [5.41, 5.74) is 8.96. The summed E-state index contributed by atoms with van der Waals surface area (Å²) in [7, 11) is 0. The monoisotopic (exact) mass is 270 g/mol. The summed E-state index contributed by atoms with van der Waals surface area (Å²) in [6.45, 7) is 0. The Hall–Kier alpha value is -2.08. The smallest absolute Gasteiger partial charge is 0.00130 e. The van der Waals surface area contributed by atoms with Gasteiger partial charge in [-0.2, -0.15) is 0 Å². The van der Waals surface area contributed by atoms with Crippen LogP contribution in [0.1, 0.15) is 41.5 Å². The lowest BCUT2D eigenvalue weighted by atomic mass is 9.92. The van der Waals surface area contributed by atoms with Crippen molar-refractivity contribution in [3.05, 3.63) is 63.0 Å². The topological polar surface area (TPSA) is 0 Å². The predicted molar refractivity (Wildman–Crippen MR) is 89.5 cm³/mol. The molecule has 3 aliphatic carbocycles. The Morgan fingerprint density at radius 3 is 2.33 bits per heavy atom. The minimum atomic E-state index is 1.10. The van der Waals surface area contributed by atoms with E-state index in [9.17, 15) is 0 Å². The first-order valence-electron chi connectivity index (χ1n) is 8.04. The Bertz CT molecular complexity index is 910. The number of rotatable bonds is 0. The molecule has 21 heavy (non-hydrogen) atoms. The summed E-state index contributed by atoms with van der Waals surface area (Å²) >= 11 is 0. The van der Waals surface area contributed by atoms with Crippen molar-refractivity contribution in [3.63, 3.8) is 0 Å². The van der Waals surface area contributed by atoms with Crippen LogP contribution < -0.4 is 10.4 Å². The Balaban J connectivity index is 1.77. The number of hydrogen-bond donors (Lipinski definition) is 0. The van der Waals surface area contributed by atoms with Crippen LogP contribution in [-0.4, -0.2) is 0 Å². The van der Waals surface area contributed by atoms with Crippen molar-refractivity contribution in [1.82, 2.24) is 0 Å². The molecule has 0 saturated carbocycles. The molecule has 2 aromatic rings. The van der Waals surface area contributed by atoms with Crippen molar-refractivity contribution >= 4 is 18.2 Å². The zero-order chi connectivity index (χ0) is 13.8. The molecule has 3 aliphatic rings. The summed E-state index contributed by atoms with van der Waals surface area (Å²) in [5.74, 6) is 0. The van der Waals surface area contributed by atoms with Crippen molar-refractivity contribution in [1.29, 1.82) is 0 Å². The van der Waals surface area contributed by atoms with Crippen molar-refractivity contribution in [2.75, 3.05) is 0 Å². The lowest BCUT2D eigenvalue weighted by Crippen LogP contribution is -2.27. The molecule has 0 amide bonds. The first kappa shape index (κ1) is 11.6. The first-order chi connectivity index (χ1) is 10.4. The van der Waals surface area contributed by atoms with Gasteiger partial charge in [0.05, 0.1) is 0 Å². The first-order valence-corrected chi connectivity index (χ1v) is 8.04. The maximum Gasteiger partial charge on any atom is -0.00130 e. The van der Waals surface area contributed by atoms with Gasteiger partial charge >= 0.3 is 0 Å². The van der Waals surface area contributed by atoms with Crippen molar-refractivity contribution < 1.29 is 0 Å². The molecule has 0 bridgehead atoms. The van der Waals surface area contributed by atoms with Gasteiger partial charge in [0.1, 0.15) is 0 Å². The average Bonchev–Trinajstić information content (AvgIpc) is 2.87. The van der Waals surface area contributed by atoms with E-state index in [1.54, 1.807) is 0 Å². The van der Waals surface area contributed by atoms with E-state index >= 15 is 0 Å². The molecule has 0 aromatic heterocycles. The quantitative estimate of drug-likeness (QED) is 0.586. The molecule has 0 atom stereocenters. The summed E-state index contributed by atoms with van der Waals surface area (Å²) in [6.07, 6.45) is 15.3. The largest absolute Gasteiger partial charge is 0.0836 e. The summed E-state index contributed by atoms with van der Waals surface area (Å²) < 4.78 is 0. The van der Waals surface area contributed by atoms with Gasteiger partial charge in [0.15, 0.2) is 0 Å². The summed E-state index contributed by atoms with van der Waals surface area (Å²) in [4.78, 5) is 0. The van der Waals surface area contributed by atoms with Gasteiger partial charge in [-0.25, -0.2) is 0 Å². The lowest BCUT2D eigenvalue weighted by molar-refractivity contribution is 0.984. The van der Waals surface area contributed by atoms with Crippen molar-refractivity contribution in [2.45, 2.75) is 32.1 Å². The molecule has 5 rings (SSSR count). The molecular weight excluding hydrogens is 252 g/mol. The van der Waals surface area contributed by atoms with Crippen molar-refractivity contribution in [3.8, 4) is 11.1 Å². The van der Waals surface area contributed by atoms with Crippen LogP contribution in [0.25, 0.3) is 29.4 Å². The summed E-state index contributed by atoms with van der Waals surface area (Å²) in [6, 6.07) is 9.73. The Labute approximate surface area is 125 Å². The molecule has 0 N–H and O–H groups in total. The number of aryl methyl sites for hydroxylation is 1. The van der Waals surface area contributed by atoms with Crippen LogP contribution in [0.3, 0.4) is 0 Å². The minimum absolute atomic E-state index is 1.10. The predicted octanol–water partition coefficient (Wildman–Crippen LogP) is 3.57. The van der Waals surface area contributed by atoms with Crippen LogP contribution in [0.4, 0.5) is 0 Å². The zero-order valence-electron chi connectivity index (χ0n) is 12.2. The molecule has 0 spiro atoms. The third-order valence-electron chi connectivity index (χ3n) is 5.12. The standard InChI is InChI=1S/C21H18/c1-3-7-16-12-20-18(9-14(16)5-1)11-19-10-15-6-2-4-8-17(15)13-21(19)20/h1,5-6,8-10,12-13H,2-4,7,11H2. The number of allylic oxidation sites excluding steroid dienone is 1. The van der Waals surface area contributed by atoms with Gasteiger partial charge in [-0.3, -0.25) is 0 Å². The second-order valence-electron chi connectivity index (χ2n) is 6.45. The highest BCUT2D eigenvalue weighted by atomic mass is 14.2. The summed E-state index contributed by atoms with van der Waals surface area (Å²) in [5, 5.41) is 2.88. The fourth-order valence-corrected chi connectivity index (χ4v) is 4.04. The van der Waals surface area contributed by atoms with E-state index in [1.807, 2.05) is 0 Å². The van der Waals surface area contributed by atoms with Gasteiger partial charge in [0.2, 0.25) is 0 Å².